The highest BCUT2D eigenvalue weighted by Gasteiger charge is 2.48. The second-order valence-electron chi connectivity index (χ2n) is 16.0. The molecule has 14 nitrogen and oxygen atoms in total. The average Bonchev–Trinajstić information content (AvgIpc) is 4.01. The Bertz CT molecular complexity index is 2170. The summed E-state index contributed by atoms with van der Waals surface area (Å²) in [5.41, 5.74) is 5.12. The molecule has 4 atom stereocenters. The van der Waals surface area contributed by atoms with E-state index in [-0.39, 0.29) is 47.7 Å². The summed E-state index contributed by atoms with van der Waals surface area (Å²) in [6.07, 6.45) is 6.10. The van der Waals surface area contributed by atoms with Crippen LogP contribution < -0.4 is 10.6 Å². The maximum absolute atomic E-state index is 14.1. The van der Waals surface area contributed by atoms with Gasteiger partial charge in [0, 0.05) is 23.7 Å². The van der Waals surface area contributed by atoms with Crippen LogP contribution in [0.1, 0.15) is 101 Å². The van der Waals surface area contributed by atoms with Crippen molar-refractivity contribution in [2.24, 2.45) is 17.8 Å². The van der Waals surface area contributed by atoms with E-state index < -0.39 is 24.3 Å². The summed E-state index contributed by atoms with van der Waals surface area (Å²) in [6.45, 7) is 8.24. The molecule has 2 aromatic carbocycles. The van der Waals surface area contributed by atoms with Crippen LogP contribution in [0, 0.1) is 29.6 Å². The van der Waals surface area contributed by atoms with Gasteiger partial charge in [-0.25, -0.2) is 19.6 Å². The van der Waals surface area contributed by atoms with Crippen molar-refractivity contribution in [3.8, 4) is 23.1 Å². The van der Waals surface area contributed by atoms with Crippen molar-refractivity contribution in [1.82, 2.24) is 40.4 Å². The second kappa shape index (κ2) is 16.7. The number of nitrogens with zero attached hydrogens (tertiary/aromatic N) is 4. The predicted octanol–water partition coefficient (Wildman–Crippen LogP) is 6.22. The fourth-order valence-electron chi connectivity index (χ4n) is 8.65. The molecule has 4 N–H and O–H groups in total. The number of piperidine rings is 2. The minimum Gasteiger partial charge on any atom is -0.453 e. The van der Waals surface area contributed by atoms with Crippen LogP contribution in [0.3, 0.4) is 0 Å². The molecule has 4 fully saturated rings. The molecule has 2 bridgehead atoms. The predicted molar refractivity (Wildman–Crippen MR) is 213 cm³/mol. The number of nitrogens with one attached hydrogen (secondary N) is 4. The molecule has 1 saturated carbocycles. The zero-order valence-electron chi connectivity index (χ0n) is 33.4. The number of benzene rings is 2. The minimum absolute atomic E-state index is 0.0960. The topological polar surface area (TPSA) is 175 Å². The lowest BCUT2D eigenvalue weighted by Crippen LogP contribution is -2.59. The molecular weight excluding hydrogens is 725 g/mol. The van der Waals surface area contributed by atoms with E-state index in [0.29, 0.717) is 12.4 Å². The first-order valence-corrected chi connectivity index (χ1v) is 19.9. The van der Waals surface area contributed by atoms with Gasteiger partial charge in [-0.3, -0.25) is 9.59 Å². The molecule has 4 amide bonds. The van der Waals surface area contributed by atoms with Crippen molar-refractivity contribution in [3.05, 3.63) is 71.4 Å². The lowest BCUT2D eigenvalue weighted by atomic mass is 9.73. The van der Waals surface area contributed by atoms with Crippen molar-refractivity contribution in [1.29, 1.82) is 0 Å². The monoisotopic (exact) mass is 776 g/mol. The van der Waals surface area contributed by atoms with E-state index in [1.54, 1.807) is 11.1 Å². The molecule has 4 aliphatic rings. The van der Waals surface area contributed by atoms with Crippen molar-refractivity contribution >= 4 is 35.0 Å². The number of carbonyl (C=O) groups is 4. The Labute approximate surface area is 332 Å². The van der Waals surface area contributed by atoms with Gasteiger partial charge in [-0.1, -0.05) is 51.7 Å². The molecule has 14 heteroatoms. The Balaban J connectivity index is 1.05. The van der Waals surface area contributed by atoms with Crippen molar-refractivity contribution in [2.75, 3.05) is 20.8 Å². The lowest BCUT2D eigenvalue weighted by Gasteiger charge is -2.51. The van der Waals surface area contributed by atoms with Gasteiger partial charge in [-0.15, -0.1) is 0 Å². The molecule has 4 aromatic rings. The van der Waals surface area contributed by atoms with E-state index in [1.165, 1.54) is 14.2 Å². The minimum atomic E-state index is -0.696. The number of amides is 4. The SMILES string of the molecule is COC(=O)N[C@H](C(=O)N1CCC[C@H]1c1ncc(-c2ccc(C#Cc3ccc4nc([C@@H]5C6CCC(CC6)N5C(=O)[C@@H](NC(=O)OC)C(C)C)[nH]c4c3)cc2)[nH]1)C(C)C. The number of likely N-dealkylation sites (tertiary alicyclic amines) is 1. The van der Waals surface area contributed by atoms with Crippen molar-refractivity contribution < 1.29 is 28.7 Å². The maximum atomic E-state index is 14.1. The van der Waals surface area contributed by atoms with Gasteiger partial charge in [-0.05, 0) is 92.2 Å². The zero-order chi connectivity index (χ0) is 40.4. The largest absolute Gasteiger partial charge is 0.453 e. The molecular formula is C43H52N8O6. The van der Waals surface area contributed by atoms with Gasteiger partial charge in [0.1, 0.15) is 23.7 Å². The van der Waals surface area contributed by atoms with Crippen LogP contribution in [0.25, 0.3) is 22.3 Å². The fraction of sp³-hybridized carbons (Fsp3) is 0.488. The summed E-state index contributed by atoms with van der Waals surface area (Å²) in [5.74, 6) is 7.85. The number of rotatable bonds is 9. The summed E-state index contributed by atoms with van der Waals surface area (Å²) < 4.78 is 9.59. The third-order valence-electron chi connectivity index (χ3n) is 11.7. The van der Waals surface area contributed by atoms with E-state index in [0.717, 1.165) is 77.8 Å². The molecule has 8 rings (SSSR count). The van der Waals surface area contributed by atoms with Crippen molar-refractivity contribution in [2.45, 2.75) is 96.4 Å². The van der Waals surface area contributed by atoms with Crippen LogP contribution in [0.4, 0.5) is 9.59 Å². The van der Waals surface area contributed by atoms with E-state index in [4.69, 9.17) is 14.5 Å². The molecule has 0 unspecified atom stereocenters. The number of aromatic nitrogens is 4. The molecule has 0 spiro atoms. The molecule has 3 aliphatic heterocycles. The van der Waals surface area contributed by atoms with Gasteiger partial charge >= 0.3 is 12.2 Å². The Morgan fingerprint density at radius 3 is 2.07 bits per heavy atom. The van der Waals surface area contributed by atoms with Crippen molar-refractivity contribution in [3.63, 3.8) is 0 Å². The highest BCUT2D eigenvalue weighted by Crippen LogP contribution is 2.47. The molecule has 1 aliphatic carbocycles. The van der Waals surface area contributed by atoms with Crippen LogP contribution in [0.5, 0.6) is 0 Å². The Morgan fingerprint density at radius 2 is 1.42 bits per heavy atom. The van der Waals surface area contributed by atoms with Gasteiger partial charge in [-0.2, -0.15) is 0 Å². The number of alkyl carbamates (subject to hydrolysis) is 2. The van der Waals surface area contributed by atoms with E-state index in [2.05, 4.69) is 37.4 Å². The number of carbonyl (C=O) groups excluding carboxylic acids is 4. The zero-order valence-corrected chi connectivity index (χ0v) is 33.4. The Morgan fingerprint density at radius 1 is 0.789 bits per heavy atom. The smallest absolute Gasteiger partial charge is 0.407 e. The highest BCUT2D eigenvalue weighted by molar-refractivity contribution is 5.87. The number of fused-ring (bicyclic) bond motifs is 4. The fourth-order valence-corrected chi connectivity index (χ4v) is 8.65. The van der Waals surface area contributed by atoms with Gasteiger partial charge in [0.2, 0.25) is 11.8 Å². The maximum Gasteiger partial charge on any atom is 0.407 e. The van der Waals surface area contributed by atoms with E-state index in [9.17, 15) is 19.2 Å². The number of imidazole rings is 2. The normalized spacial score (nSPS) is 21.3. The Kier molecular flexibility index (Phi) is 11.6. The Hall–Kier alpha value is -5.84. The second-order valence-corrected chi connectivity index (χ2v) is 16.0. The first-order chi connectivity index (χ1) is 27.4. The molecule has 57 heavy (non-hydrogen) atoms. The van der Waals surface area contributed by atoms with Gasteiger partial charge in [0.15, 0.2) is 0 Å². The number of hydrogen-bond donors (Lipinski definition) is 4. The summed E-state index contributed by atoms with van der Waals surface area (Å²) in [4.78, 5) is 72.1. The molecule has 3 saturated heterocycles. The number of aromatic amines is 2. The molecule has 300 valence electrons. The van der Waals surface area contributed by atoms with E-state index in [1.807, 2.05) is 75.1 Å². The third-order valence-corrected chi connectivity index (χ3v) is 11.7. The highest BCUT2D eigenvalue weighted by atomic mass is 16.5. The molecule has 5 heterocycles. The number of hydrogen-bond acceptors (Lipinski definition) is 8. The number of H-pyrrole nitrogens is 2. The summed E-state index contributed by atoms with van der Waals surface area (Å²) in [5, 5.41) is 5.46. The first-order valence-electron chi connectivity index (χ1n) is 19.9. The average molecular weight is 777 g/mol. The van der Waals surface area contributed by atoms with Gasteiger partial charge in [0.25, 0.3) is 0 Å². The molecule has 0 radical (unpaired) electrons. The van der Waals surface area contributed by atoms with Crippen LogP contribution in [0.15, 0.2) is 48.7 Å². The van der Waals surface area contributed by atoms with Crippen LogP contribution >= 0.6 is 0 Å². The van der Waals surface area contributed by atoms with Gasteiger partial charge in [0.05, 0.1) is 49.2 Å². The standard InChI is InChI=1S/C43H52N8O6/c1-24(2)35(48-42(54)56-5)40(52)50-21-7-8-34(50)38-44-23-33(47-38)28-14-11-26(12-15-28)9-10-27-13-20-31-32(22-27)46-39(45-31)37-29-16-18-30(19-17-29)51(37)41(53)36(25(3)4)49-43(55)57-6/h11-15,20,22-25,29-30,34-37H,7-8,16-19,21H2,1-6H3,(H,44,47)(H,45,46)(H,48,54)(H,49,55)/t29?,30?,34-,35-,36-,37-/m0/s1. The van der Waals surface area contributed by atoms with E-state index >= 15 is 0 Å². The summed E-state index contributed by atoms with van der Waals surface area (Å²) in [6, 6.07) is 12.1. The number of ether oxygens (including phenoxy) is 2. The molecule has 2 aromatic heterocycles. The number of methoxy groups -OCH3 is 2. The summed E-state index contributed by atoms with van der Waals surface area (Å²) >= 11 is 0. The lowest BCUT2D eigenvalue weighted by molar-refractivity contribution is -0.149. The third kappa shape index (κ3) is 8.19. The van der Waals surface area contributed by atoms with Crippen LogP contribution in [0.2, 0.25) is 0 Å². The first kappa shape index (κ1) is 39.4. The van der Waals surface area contributed by atoms with Gasteiger partial charge < -0.3 is 39.9 Å². The summed E-state index contributed by atoms with van der Waals surface area (Å²) in [7, 11) is 2.59. The quantitative estimate of drug-likeness (QED) is 0.145. The van der Waals surface area contributed by atoms with Crippen LogP contribution in [-0.4, -0.2) is 92.6 Å². The van der Waals surface area contributed by atoms with Crippen LogP contribution in [-0.2, 0) is 19.1 Å².